The van der Waals surface area contributed by atoms with Gasteiger partial charge in [-0.15, -0.1) is 0 Å². The molecule has 0 radical (unpaired) electrons. The van der Waals surface area contributed by atoms with Crippen LogP contribution in [0.5, 0.6) is 0 Å². The molecule has 0 saturated carbocycles. The lowest BCUT2D eigenvalue weighted by Crippen LogP contribution is -2.48. The van der Waals surface area contributed by atoms with Gasteiger partial charge < -0.3 is 10.7 Å². The third kappa shape index (κ3) is 4.61. The molecule has 6 nitrogen and oxygen atoms in total. The first-order valence-corrected chi connectivity index (χ1v) is 3.20. The van der Waals surface area contributed by atoms with Crippen LogP contribution in [0.4, 0.5) is 9.59 Å². The zero-order valence-electron chi connectivity index (χ0n) is 4.89. The van der Waals surface area contributed by atoms with Crippen molar-refractivity contribution >= 4 is 22.5 Å². The molecule has 0 aromatic heterocycles. The molecule has 0 aliphatic carbocycles. The second kappa shape index (κ2) is 3.72. The summed E-state index contributed by atoms with van der Waals surface area (Å²) < 4.78 is 0. The Balaban J connectivity index is 3.28. The molecule has 0 aliphatic heterocycles. The molecule has 9 heavy (non-hydrogen) atoms. The summed E-state index contributed by atoms with van der Waals surface area (Å²) in [6, 6.07) is -1.25. The highest BCUT2D eigenvalue weighted by Gasteiger charge is 1.93. The molecule has 0 spiro atoms. The Bertz CT molecular complexity index is 126. The fraction of sp³-hybridized carbons (Fsp3) is 0. The normalized spacial score (nSPS) is 8.00. The van der Waals surface area contributed by atoms with Gasteiger partial charge in [0.05, 0.1) is 0 Å². The largest absolute Gasteiger partial charge is 0.372 e. The number of primary amides is 1. The van der Waals surface area contributed by atoms with Crippen LogP contribution >= 0.6 is 0 Å². The zero-order valence-corrected chi connectivity index (χ0v) is 6.89. The van der Waals surface area contributed by atoms with Gasteiger partial charge in [-0.2, -0.15) is 0 Å². The molecule has 52 valence electrons. The summed E-state index contributed by atoms with van der Waals surface area (Å²) in [7, 11) is 0.529. The van der Waals surface area contributed by atoms with Crippen LogP contribution in [0.15, 0.2) is 0 Å². The number of hydrazine groups is 1. The number of carbonyl (C=O) groups is 2. The molecule has 0 fully saturated rings. The minimum atomic E-state index is -0.791. The van der Waals surface area contributed by atoms with E-state index in [4.69, 9.17) is 0 Å². The number of rotatable bonds is 0. The Hall–Kier alpha value is -1.24. The van der Waals surface area contributed by atoms with Crippen LogP contribution in [0, 0.1) is 0 Å². The quantitative estimate of drug-likeness (QED) is 0.220. The average molecular weight is 148 g/mol. The Morgan fingerprint density at radius 3 is 2.22 bits per heavy atom. The first-order valence-electron chi connectivity index (χ1n) is 2.20. The van der Waals surface area contributed by atoms with E-state index in [9.17, 15) is 9.59 Å². The predicted molar refractivity (Wildman–Crippen MR) is 34.3 cm³/mol. The molecule has 0 saturated heterocycles. The van der Waals surface area contributed by atoms with Crippen molar-refractivity contribution in [1.82, 2.24) is 15.8 Å². The fourth-order valence-corrected chi connectivity index (χ4v) is 0.306. The highest BCUT2D eigenvalue weighted by Crippen LogP contribution is 1.53. The van der Waals surface area contributed by atoms with E-state index in [0.717, 1.165) is 0 Å². The smallest absolute Gasteiger partial charge is 0.330 e. The van der Waals surface area contributed by atoms with E-state index in [1.807, 2.05) is 10.9 Å². The topological polar surface area (TPSA) is 96.2 Å². The molecule has 0 aliphatic rings. The van der Waals surface area contributed by atoms with Gasteiger partial charge in [-0.1, -0.05) is 0 Å². The minimum absolute atomic E-state index is 0.458. The van der Waals surface area contributed by atoms with Crippen molar-refractivity contribution in [2.45, 2.75) is 0 Å². The standard InChI is InChI=1S/C2H8N4O2Si/c3-1(7)4-5-2(8)6-9/h9H3,(H3,3,4,7)(H2,5,6,8). The van der Waals surface area contributed by atoms with Crippen molar-refractivity contribution in [2.75, 3.05) is 0 Å². The molecule has 5 N–H and O–H groups in total. The van der Waals surface area contributed by atoms with Crippen molar-refractivity contribution in [3.05, 3.63) is 0 Å². The van der Waals surface area contributed by atoms with E-state index in [0.29, 0.717) is 10.4 Å². The van der Waals surface area contributed by atoms with E-state index in [1.165, 1.54) is 0 Å². The Morgan fingerprint density at radius 2 is 1.89 bits per heavy atom. The number of carbonyl (C=O) groups excluding carboxylic acids is 2. The van der Waals surface area contributed by atoms with E-state index in [-0.39, 0.29) is 0 Å². The number of nitrogens with one attached hydrogen (secondary N) is 3. The zero-order chi connectivity index (χ0) is 7.28. The molecule has 0 aromatic rings. The average Bonchev–Trinajstić information content (AvgIpc) is 1.83. The number of nitrogens with two attached hydrogens (primary N) is 1. The third-order valence-electron chi connectivity index (χ3n) is 0.526. The summed E-state index contributed by atoms with van der Waals surface area (Å²) in [4.78, 5) is 22.5. The van der Waals surface area contributed by atoms with Gasteiger partial charge in [0.25, 0.3) is 0 Å². The van der Waals surface area contributed by atoms with Crippen LogP contribution in [-0.2, 0) is 0 Å². The van der Waals surface area contributed by atoms with Crippen molar-refractivity contribution in [3.8, 4) is 0 Å². The lowest BCUT2D eigenvalue weighted by atomic mass is 11.1. The SMILES string of the molecule is NC(=O)NNC(=O)N[SiH3]. The van der Waals surface area contributed by atoms with Crippen molar-refractivity contribution in [2.24, 2.45) is 5.73 Å². The molecule has 0 bridgehead atoms. The van der Waals surface area contributed by atoms with Crippen LogP contribution in [0.2, 0.25) is 0 Å². The molecule has 7 heteroatoms. The number of urea groups is 2. The van der Waals surface area contributed by atoms with E-state index in [2.05, 4.69) is 10.7 Å². The summed E-state index contributed by atoms with van der Waals surface area (Å²) in [5.41, 5.74) is 8.50. The van der Waals surface area contributed by atoms with Gasteiger partial charge in [-0.05, 0) is 0 Å². The van der Waals surface area contributed by atoms with Crippen LogP contribution in [0.1, 0.15) is 0 Å². The number of hydrogen-bond donors (Lipinski definition) is 4. The Labute approximate surface area is 54.6 Å². The Kier molecular flexibility index (Phi) is 3.21. The van der Waals surface area contributed by atoms with Gasteiger partial charge in [0, 0.05) is 0 Å². The first kappa shape index (κ1) is 7.76. The summed E-state index contributed by atoms with van der Waals surface area (Å²) in [6.45, 7) is 0. The molecule has 0 unspecified atom stereocenters. The molecule has 0 atom stereocenters. The lowest BCUT2D eigenvalue weighted by molar-refractivity contribution is 0.231. The predicted octanol–water partition coefficient (Wildman–Crippen LogP) is -2.85. The van der Waals surface area contributed by atoms with Gasteiger partial charge in [-0.3, -0.25) is 0 Å². The van der Waals surface area contributed by atoms with Gasteiger partial charge in [0.2, 0.25) is 0 Å². The van der Waals surface area contributed by atoms with Crippen LogP contribution in [-0.4, -0.2) is 22.5 Å². The summed E-state index contributed by atoms with van der Waals surface area (Å²) in [5.74, 6) is 0. The van der Waals surface area contributed by atoms with Gasteiger partial charge in [0.15, 0.2) is 0 Å². The monoisotopic (exact) mass is 148 g/mol. The summed E-state index contributed by atoms with van der Waals surface area (Å²) in [5, 5.41) is 0. The van der Waals surface area contributed by atoms with E-state index in [1.54, 1.807) is 0 Å². The molecule has 0 aromatic carbocycles. The summed E-state index contributed by atoms with van der Waals surface area (Å²) in [6.07, 6.45) is 0. The second-order valence-electron chi connectivity index (χ2n) is 1.19. The van der Waals surface area contributed by atoms with Crippen molar-refractivity contribution in [3.63, 3.8) is 0 Å². The maximum absolute atomic E-state index is 10.3. The molecular weight excluding hydrogens is 140 g/mol. The molecule has 0 heterocycles. The fourth-order valence-electron chi connectivity index (χ4n) is 0.181. The Morgan fingerprint density at radius 1 is 1.33 bits per heavy atom. The van der Waals surface area contributed by atoms with Gasteiger partial charge in [0.1, 0.15) is 10.4 Å². The van der Waals surface area contributed by atoms with Gasteiger partial charge >= 0.3 is 12.1 Å². The lowest BCUT2D eigenvalue weighted by Gasteiger charge is -2.01. The maximum Gasteiger partial charge on any atom is 0.330 e. The molecular formula is C2H8N4O2Si. The van der Waals surface area contributed by atoms with E-state index < -0.39 is 12.1 Å². The van der Waals surface area contributed by atoms with E-state index >= 15 is 0 Å². The van der Waals surface area contributed by atoms with Crippen LogP contribution < -0.4 is 21.6 Å². The van der Waals surface area contributed by atoms with Gasteiger partial charge in [-0.25, -0.2) is 20.4 Å². The minimum Gasteiger partial charge on any atom is -0.372 e. The number of hydrogen-bond acceptors (Lipinski definition) is 2. The first-order chi connectivity index (χ1) is 4.16. The van der Waals surface area contributed by atoms with Crippen LogP contribution in [0.3, 0.4) is 0 Å². The second-order valence-corrected chi connectivity index (χ2v) is 1.69. The number of amides is 4. The highest BCUT2D eigenvalue weighted by molar-refractivity contribution is 6.13. The van der Waals surface area contributed by atoms with Crippen molar-refractivity contribution in [1.29, 1.82) is 0 Å². The van der Waals surface area contributed by atoms with Crippen molar-refractivity contribution < 1.29 is 9.59 Å². The third-order valence-corrected chi connectivity index (χ3v) is 0.980. The van der Waals surface area contributed by atoms with Crippen LogP contribution in [0.25, 0.3) is 0 Å². The highest BCUT2D eigenvalue weighted by atomic mass is 28.2. The molecule has 4 amide bonds. The maximum atomic E-state index is 10.3. The summed E-state index contributed by atoms with van der Waals surface area (Å²) >= 11 is 0. The molecule has 0 rings (SSSR count).